The largest absolute Gasteiger partial charge is 0.416 e. The van der Waals surface area contributed by atoms with Crippen LogP contribution in [0.5, 0.6) is 0 Å². The zero-order chi connectivity index (χ0) is 17.7. The summed E-state index contributed by atoms with van der Waals surface area (Å²) in [6.07, 6.45) is -1.48. The van der Waals surface area contributed by atoms with Crippen molar-refractivity contribution in [3.05, 3.63) is 34.1 Å². The summed E-state index contributed by atoms with van der Waals surface area (Å²) in [4.78, 5) is 1.94. The minimum absolute atomic E-state index is 0.256. The van der Waals surface area contributed by atoms with Gasteiger partial charge in [-0.1, -0.05) is 37.8 Å². The smallest absolute Gasteiger partial charge is 0.314 e. The van der Waals surface area contributed by atoms with E-state index >= 15 is 0 Å². The number of nitrogens with zero attached hydrogens (tertiary/aromatic N) is 1. The number of hydrogen-bond donors (Lipinski definition) is 1. The van der Waals surface area contributed by atoms with Crippen molar-refractivity contribution >= 4 is 11.6 Å². The van der Waals surface area contributed by atoms with Crippen LogP contribution in [0.4, 0.5) is 17.6 Å². The van der Waals surface area contributed by atoms with Crippen LogP contribution < -0.4 is 5.32 Å². The predicted octanol–water partition coefficient (Wildman–Crippen LogP) is 5.02. The lowest BCUT2D eigenvalue weighted by Gasteiger charge is -2.36. The molecule has 0 aliphatic carbocycles. The average Bonchev–Trinajstić information content (AvgIpc) is 2.54. The second-order valence-electron chi connectivity index (χ2n) is 6.12. The molecule has 0 amide bonds. The van der Waals surface area contributed by atoms with Crippen LogP contribution in [0.2, 0.25) is 5.02 Å². The van der Waals surface area contributed by atoms with Gasteiger partial charge in [-0.05, 0) is 18.6 Å². The molecular formula is C17H23ClF4N2. The molecule has 1 N–H and O–H groups in total. The number of benzene rings is 1. The van der Waals surface area contributed by atoms with Crippen molar-refractivity contribution in [3.63, 3.8) is 0 Å². The maximum absolute atomic E-state index is 14.6. The van der Waals surface area contributed by atoms with Crippen molar-refractivity contribution in [2.45, 2.75) is 44.8 Å². The molecular weight excluding hydrogens is 344 g/mol. The van der Waals surface area contributed by atoms with Crippen LogP contribution in [-0.4, -0.2) is 31.1 Å². The van der Waals surface area contributed by atoms with E-state index in [-0.39, 0.29) is 10.6 Å². The van der Waals surface area contributed by atoms with Gasteiger partial charge in [0.1, 0.15) is 5.82 Å². The molecule has 0 spiro atoms. The quantitative estimate of drug-likeness (QED) is 0.561. The molecule has 0 radical (unpaired) electrons. The highest BCUT2D eigenvalue weighted by Gasteiger charge is 2.39. The zero-order valence-electron chi connectivity index (χ0n) is 13.7. The molecule has 1 aromatic carbocycles. The Labute approximate surface area is 145 Å². The van der Waals surface area contributed by atoms with Crippen molar-refractivity contribution < 1.29 is 17.6 Å². The fraction of sp³-hybridized carbons (Fsp3) is 0.647. The van der Waals surface area contributed by atoms with Gasteiger partial charge >= 0.3 is 6.18 Å². The number of piperazine rings is 1. The van der Waals surface area contributed by atoms with Crippen LogP contribution in [0.15, 0.2) is 12.1 Å². The molecule has 1 aliphatic rings. The predicted molar refractivity (Wildman–Crippen MR) is 87.7 cm³/mol. The molecule has 1 saturated heterocycles. The monoisotopic (exact) mass is 366 g/mol. The maximum Gasteiger partial charge on any atom is 0.416 e. The lowest BCUT2D eigenvalue weighted by Crippen LogP contribution is -2.45. The maximum atomic E-state index is 14.6. The van der Waals surface area contributed by atoms with Gasteiger partial charge in [0.05, 0.1) is 10.6 Å². The number of nitrogens with one attached hydrogen (secondary N) is 1. The van der Waals surface area contributed by atoms with Gasteiger partial charge in [0, 0.05) is 37.8 Å². The van der Waals surface area contributed by atoms with Crippen molar-refractivity contribution in [1.29, 1.82) is 0 Å². The van der Waals surface area contributed by atoms with Gasteiger partial charge in [-0.25, -0.2) is 4.39 Å². The van der Waals surface area contributed by atoms with Gasteiger partial charge in [-0.2, -0.15) is 13.2 Å². The van der Waals surface area contributed by atoms with Crippen LogP contribution in [0.3, 0.4) is 0 Å². The highest BCUT2D eigenvalue weighted by molar-refractivity contribution is 6.30. The summed E-state index contributed by atoms with van der Waals surface area (Å²) in [7, 11) is 0. The Morgan fingerprint density at radius 1 is 1.21 bits per heavy atom. The van der Waals surface area contributed by atoms with E-state index in [0.29, 0.717) is 32.6 Å². The van der Waals surface area contributed by atoms with Gasteiger partial charge in [0.25, 0.3) is 0 Å². The van der Waals surface area contributed by atoms with E-state index in [2.05, 4.69) is 5.32 Å². The molecule has 0 unspecified atom stereocenters. The molecule has 1 atom stereocenters. The third-order valence-corrected chi connectivity index (χ3v) is 4.74. The number of unbranched alkanes of at least 4 members (excludes halogenated alkanes) is 2. The Bertz CT molecular complexity index is 542. The average molecular weight is 367 g/mol. The fourth-order valence-corrected chi connectivity index (χ4v) is 3.40. The molecule has 2 rings (SSSR count). The van der Waals surface area contributed by atoms with E-state index in [1.165, 1.54) is 0 Å². The van der Waals surface area contributed by atoms with Crippen LogP contribution in [0, 0.1) is 5.82 Å². The molecule has 1 heterocycles. The van der Waals surface area contributed by atoms with Crippen LogP contribution in [-0.2, 0) is 6.18 Å². The van der Waals surface area contributed by atoms with Gasteiger partial charge < -0.3 is 5.32 Å². The molecule has 7 heteroatoms. The summed E-state index contributed by atoms with van der Waals surface area (Å²) in [5.41, 5.74) is -1.21. The van der Waals surface area contributed by atoms with Crippen molar-refractivity contribution in [3.8, 4) is 0 Å². The molecule has 1 aromatic rings. The van der Waals surface area contributed by atoms with Gasteiger partial charge in [-0.15, -0.1) is 0 Å². The first kappa shape index (κ1) is 19.5. The molecule has 0 saturated carbocycles. The minimum atomic E-state index is -4.60. The van der Waals surface area contributed by atoms with Gasteiger partial charge in [-0.3, -0.25) is 4.90 Å². The van der Waals surface area contributed by atoms with Crippen molar-refractivity contribution in [1.82, 2.24) is 10.2 Å². The lowest BCUT2D eigenvalue weighted by molar-refractivity contribution is -0.139. The summed E-state index contributed by atoms with van der Waals surface area (Å²) in [6.45, 7) is 4.60. The first-order valence-corrected chi connectivity index (χ1v) is 8.74. The Morgan fingerprint density at radius 3 is 2.46 bits per heavy atom. The van der Waals surface area contributed by atoms with Gasteiger partial charge in [0.15, 0.2) is 0 Å². The molecule has 136 valence electrons. The summed E-state index contributed by atoms with van der Waals surface area (Å²) in [5, 5.41) is 2.92. The van der Waals surface area contributed by atoms with Gasteiger partial charge in [0.2, 0.25) is 0 Å². The molecule has 0 bridgehead atoms. The Kier molecular flexibility index (Phi) is 6.89. The standard InChI is InChI=1S/C17H23ClF4N2/c1-2-3-4-5-14(24-10-8-23-9-11-24)15-12(17(20,21)22)6-7-13(18)16(15)19/h6-7,14,23H,2-5,8-11H2,1H3/t14-/m0/s1. The third-order valence-electron chi connectivity index (χ3n) is 4.44. The van der Waals surface area contributed by atoms with E-state index < -0.39 is 23.6 Å². The van der Waals surface area contributed by atoms with Crippen LogP contribution in [0.1, 0.15) is 49.8 Å². The summed E-state index contributed by atoms with van der Waals surface area (Å²) >= 11 is 5.81. The zero-order valence-corrected chi connectivity index (χ0v) is 14.5. The second kappa shape index (κ2) is 8.50. The number of alkyl halides is 3. The third kappa shape index (κ3) is 4.61. The Hall–Kier alpha value is -0.850. The summed E-state index contributed by atoms with van der Waals surface area (Å²) in [6, 6.07) is 1.29. The number of halogens is 5. The highest BCUT2D eigenvalue weighted by atomic mass is 35.5. The second-order valence-corrected chi connectivity index (χ2v) is 6.53. The minimum Gasteiger partial charge on any atom is -0.314 e. The van der Waals surface area contributed by atoms with Crippen molar-refractivity contribution in [2.75, 3.05) is 26.2 Å². The first-order chi connectivity index (χ1) is 11.4. The highest BCUT2D eigenvalue weighted by Crippen LogP contribution is 2.41. The van der Waals surface area contributed by atoms with E-state index in [4.69, 9.17) is 11.6 Å². The Balaban J connectivity index is 2.45. The molecule has 1 fully saturated rings. The summed E-state index contributed by atoms with van der Waals surface area (Å²) in [5.74, 6) is -0.938. The van der Waals surface area contributed by atoms with E-state index in [1.54, 1.807) is 0 Å². The van der Waals surface area contributed by atoms with Crippen LogP contribution >= 0.6 is 11.6 Å². The van der Waals surface area contributed by atoms with Crippen molar-refractivity contribution in [2.24, 2.45) is 0 Å². The molecule has 1 aliphatic heterocycles. The lowest BCUT2D eigenvalue weighted by atomic mass is 9.93. The normalized spacial score (nSPS) is 17.9. The van der Waals surface area contributed by atoms with Crippen LogP contribution in [0.25, 0.3) is 0 Å². The topological polar surface area (TPSA) is 15.3 Å². The molecule has 2 nitrogen and oxygen atoms in total. The first-order valence-electron chi connectivity index (χ1n) is 8.36. The fourth-order valence-electron chi connectivity index (χ4n) is 3.23. The SMILES string of the molecule is CCCCC[C@@H](c1c(C(F)(F)F)ccc(Cl)c1F)N1CCNCC1. The van der Waals surface area contributed by atoms with E-state index in [0.717, 1.165) is 31.4 Å². The molecule has 0 aromatic heterocycles. The van der Waals surface area contributed by atoms with E-state index in [1.807, 2.05) is 11.8 Å². The Morgan fingerprint density at radius 2 is 1.88 bits per heavy atom. The number of hydrogen-bond acceptors (Lipinski definition) is 2. The number of rotatable bonds is 6. The van der Waals surface area contributed by atoms with E-state index in [9.17, 15) is 17.6 Å². The summed E-state index contributed by atoms with van der Waals surface area (Å²) < 4.78 is 54.9. The molecule has 24 heavy (non-hydrogen) atoms.